The van der Waals surface area contributed by atoms with Crippen molar-refractivity contribution in [3.05, 3.63) is 110 Å². The van der Waals surface area contributed by atoms with Gasteiger partial charge in [0.05, 0.1) is 18.0 Å². The standard InChI is InChI=1S/C37H40F4N4O4/c1-21(2)13-32(45-20-25(9-12-44-11-6-10-42-44)30(18-33(45)46)37(39,40)41)36(49)43-31(19-34(47)48)26-16-24-7-5-8-28(24)29(17-26)35-22(3)14-27(38)15-23(35)4/h6,10-11,14-18,20-21,31-32H,5,7-9,12-13,19H2,1-4H3,(H,43,49)(H,47,48)/t31-,32+/m0/s1. The number of carboxylic acids is 1. The number of carboxylic acid groups (broad SMARTS) is 1. The average molecular weight is 681 g/mol. The van der Waals surface area contributed by atoms with Gasteiger partial charge in [0, 0.05) is 31.2 Å². The fourth-order valence-corrected chi connectivity index (χ4v) is 6.94. The molecule has 0 spiro atoms. The number of nitrogens with one attached hydrogen (secondary N) is 1. The second kappa shape index (κ2) is 14.4. The van der Waals surface area contributed by atoms with E-state index in [0.29, 0.717) is 11.6 Å². The average Bonchev–Trinajstić information content (AvgIpc) is 3.70. The van der Waals surface area contributed by atoms with E-state index in [9.17, 15) is 37.1 Å². The highest BCUT2D eigenvalue weighted by atomic mass is 19.4. The molecule has 2 atom stereocenters. The number of nitrogens with zero attached hydrogens (tertiary/aromatic N) is 3. The van der Waals surface area contributed by atoms with Crippen molar-refractivity contribution >= 4 is 11.9 Å². The number of aromatic nitrogens is 3. The van der Waals surface area contributed by atoms with E-state index in [0.717, 1.165) is 63.4 Å². The summed E-state index contributed by atoms with van der Waals surface area (Å²) < 4.78 is 59.0. The van der Waals surface area contributed by atoms with Gasteiger partial charge < -0.3 is 15.0 Å². The molecule has 0 radical (unpaired) electrons. The molecule has 0 bridgehead atoms. The lowest BCUT2D eigenvalue weighted by Gasteiger charge is -2.27. The molecule has 0 unspecified atom stereocenters. The van der Waals surface area contributed by atoms with Gasteiger partial charge in [0.1, 0.15) is 11.9 Å². The van der Waals surface area contributed by atoms with Gasteiger partial charge in [-0.1, -0.05) is 19.9 Å². The molecule has 0 fully saturated rings. The maximum atomic E-state index is 14.2. The summed E-state index contributed by atoms with van der Waals surface area (Å²) in [4.78, 5) is 39.6. The first-order valence-electron chi connectivity index (χ1n) is 16.4. The topological polar surface area (TPSA) is 106 Å². The Hall–Kier alpha value is -4.74. The lowest BCUT2D eigenvalue weighted by Crippen LogP contribution is -2.40. The number of benzene rings is 2. The van der Waals surface area contributed by atoms with E-state index >= 15 is 0 Å². The van der Waals surface area contributed by atoms with E-state index in [-0.39, 0.29) is 36.7 Å². The normalized spacial score (nSPS) is 14.1. The van der Waals surface area contributed by atoms with Crippen LogP contribution in [0.5, 0.6) is 0 Å². The summed E-state index contributed by atoms with van der Waals surface area (Å²) in [6.45, 7) is 7.39. The number of amides is 1. The number of carbonyl (C=O) groups is 2. The third-order valence-corrected chi connectivity index (χ3v) is 9.07. The Morgan fingerprint density at radius 3 is 2.39 bits per heavy atom. The zero-order chi connectivity index (χ0) is 35.6. The largest absolute Gasteiger partial charge is 0.481 e. The van der Waals surface area contributed by atoms with Crippen LogP contribution in [-0.2, 0) is 41.6 Å². The SMILES string of the molecule is Cc1cc(F)cc(C)c1-c1cc([C@H](CC(=O)O)NC(=O)[C@@H](CC(C)C)n2cc(CCn3cccn3)c(C(F)(F)F)cc2=O)cc2c1CCC2. The van der Waals surface area contributed by atoms with Gasteiger partial charge >= 0.3 is 12.1 Å². The van der Waals surface area contributed by atoms with Crippen LogP contribution in [0.4, 0.5) is 17.6 Å². The molecular weight excluding hydrogens is 640 g/mol. The second-order valence-electron chi connectivity index (χ2n) is 13.3. The van der Waals surface area contributed by atoms with E-state index in [1.54, 1.807) is 12.3 Å². The minimum Gasteiger partial charge on any atom is -0.481 e. The maximum absolute atomic E-state index is 14.2. The smallest absolute Gasteiger partial charge is 0.416 e. The third kappa shape index (κ3) is 8.12. The van der Waals surface area contributed by atoms with Gasteiger partial charge in [0.25, 0.3) is 5.56 Å². The van der Waals surface area contributed by atoms with E-state index < -0.39 is 47.7 Å². The fraction of sp³-hybridized carbons (Fsp3) is 0.405. The van der Waals surface area contributed by atoms with Crippen molar-refractivity contribution in [1.29, 1.82) is 0 Å². The summed E-state index contributed by atoms with van der Waals surface area (Å²) in [7, 11) is 0. The van der Waals surface area contributed by atoms with Crippen molar-refractivity contribution in [3.63, 3.8) is 0 Å². The number of hydrogen-bond acceptors (Lipinski definition) is 4. The minimum absolute atomic E-state index is 0.103. The van der Waals surface area contributed by atoms with Crippen molar-refractivity contribution in [3.8, 4) is 11.1 Å². The first kappa shape index (κ1) is 35.6. The van der Waals surface area contributed by atoms with Gasteiger partial charge in [-0.15, -0.1) is 0 Å². The number of pyridine rings is 1. The van der Waals surface area contributed by atoms with E-state index in [2.05, 4.69) is 10.4 Å². The number of fused-ring (bicyclic) bond motifs is 1. The van der Waals surface area contributed by atoms with Crippen LogP contribution in [-0.4, -0.2) is 31.3 Å². The molecule has 49 heavy (non-hydrogen) atoms. The summed E-state index contributed by atoms with van der Waals surface area (Å²) >= 11 is 0. The van der Waals surface area contributed by atoms with Gasteiger partial charge in [-0.25, -0.2) is 4.39 Å². The summed E-state index contributed by atoms with van der Waals surface area (Å²) in [6.07, 6.45) is 1.39. The van der Waals surface area contributed by atoms with Crippen LogP contribution < -0.4 is 10.9 Å². The zero-order valence-corrected chi connectivity index (χ0v) is 27.9. The van der Waals surface area contributed by atoms with E-state index in [4.69, 9.17) is 0 Å². The van der Waals surface area contributed by atoms with Crippen LogP contribution in [0, 0.1) is 25.6 Å². The summed E-state index contributed by atoms with van der Waals surface area (Å²) in [5, 5.41) is 16.8. The Morgan fingerprint density at radius 2 is 1.78 bits per heavy atom. The monoisotopic (exact) mass is 680 g/mol. The minimum atomic E-state index is -4.80. The fourth-order valence-electron chi connectivity index (χ4n) is 6.94. The van der Waals surface area contributed by atoms with Crippen LogP contribution in [0.1, 0.15) is 84.1 Å². The molecule has 0 aliphatic heterocycles. The Bertz CT molecular complexity index is 1890. The van der Waals surface area contributed by atoms with E-state index in [1.165, 1.54) is 23.0 Å². The Labute approximate surface area is 281 Å². The van der Waals surface area contributed by atoms with Crippen LogP contribution in [0.15, 0.2) is 59.8 Å². The van der Waals surface area contributed by atoms with Gasteiger partial charge in [0.15, 0.2) is 0 Å². The predicted octanol–water partition coefficient (Wildman–Crippen LogP) is 7.14. The highest BCUT2D eigenvalue weighted by Crippen LogP contribution is 2.39. The Kier molecular flexibility index (Phi) is 10.4. The van der Waals surface area contributed by atoms with Crippen LogP contribution >= 0.6 is 0 Å². The van der Waals surface area contributed by atoms with Crippen molar-refractivity contribution < 1.29 is 32.3 Å². The number of carbonyl (C=O) groups excluding carboxylic acids is 1. The number of alkyl halides is 3. The van der Waals surface area contributed by atoms with Gasteiger partial charge in [0.2, 0.25) is 5.91 Å². The number of aliphatic carboxylic acids is 1. The molecule has 1 aliphatic carbocycles. The molecule has 2 N–H and O–H groups in total. The Balaban J connectivity index is 1.56. The molecule has 2 heterocycles. The molecule has 4 aromatic rings. The van der Waals surface area contributed by atoms with Crippen molar-refractivity contribution in [2.75, 3.05) is 0 Å². The number of aryl methyl sites for hydroxylation is 5. The molecule has 1 aliphatic rings. The van der Waals surface area contributed by atoms with Crippen molar-refractivity contribution in [2.24, 2.45) is 5.92 Å². The van der Waals surface area contributed by atoms with Gasteiger partial charge in [-0.05, 0) is 121 Å². The second-order valence-corrected chi connectivity index (χ2v) is 13.3. The van der Waals surface area contributed by atoms with Crippen LogP contribution in [0.3, 0.4) is 0 Å². The number of halogens is 4. The zero-order valence-electron chi connectivity index (χ0n) is 27.9. The number of hydrogen-bond donors (Lipinski definition) is 2. The lowest BCUT2D eigenvalue weighted by atomic mass is 9.87. The maximum Gasteiger partial charge on any atom is 0.416 e. The highest BCUT2D eigenvalue weighted by molar-refractivity contribution is 5.82. The summed E-state index contributed by atoms with van der Waals surface area (Å²) in [6, 6.07) is 6.58. The summed E-state index contributed by atoms with van der Waals surface area (Å²) in [5.74, 6) is -2.36. The molecule has 0 saturated carbocycles. The molecular formula is C37H40F4N4O4. The molecule has 8 nitrogen and oxygen atoms in total. The molecule has 260 valence electrons. The van der Waals surface area contributed by atoms with Crippen LogP contribution in [0.2, 0.25) is 0 Å². The first-order valence-corrected chi connectivity index (χ1v) is 16.4. The van der Waals surface area contributed by atoms with Crippen LogP contribution in [0.25, 0.3) is 11.1 Å². The summed E-state index contributed by atoms with van der Waals surface area (Å²) in [5.41, 5.74) is 3.56. The number of rotatable bonds is 12. The lowest BCUT2D eigenvalue weighted by molar-refractivity contribution is -0.139. The highest BCUT2D eigenvalue weighted by Gasteiger charge is 2.36. The molecule has 5 rings (SSSR count). The molecule has 0 saturated heterocycles. The van der Waals surface area contributed by atoms with Gasteiger partial charge in [-0.3, -0.25) is 19.1 Å². The van der Waals surface area contributed by atoms with Crippen molar-refractivity contribution in [2.45, 2.75) is 91.0 Å². The Morgan fingerprint density at radius 1 is 1.06 bits per heavy atom. The molecule has 12 heteroatoms. The molecule has 1 amide bonds. The van der Waals surface area contributed by atoms with Crippen molar-refractivity contribution in [1.82, 2.24) is 19.7 Å². The van der Waals surface area contributed by atoms with E-state index in [1.807, 2.05) is 39.8 Å². The predicted molar refractivity (Wildman–Crippen MR) is 177 cm³/mol. The quantitative estimate of drug-likeness (QED) is 0.155. The third-order valence-electron chi connectivity index (χ3n) is 9.07. The molecule has 2 aromatic heterocycles. The van der Waals surface area contributed by atoms with Gasteiger partial charge in [-0.2, -0.15) is 18.3 Å². The first-order chi connectivity index (χ1) is 23.1. The molecule has 2 aromatic carbocycles.